The maximum absolute atomic E-state index is 11.4. The second-order valence-electron chi connectivity index (χ2n) is 6.70. The molecule has 1 heterocycles. The lowest BCUT2D eigenvalue weighted by molar-refractivity contribution is 0.00578. The second-order valence-corrected chi connectivity index (χ2v) is 6.70. The van der Waals surface area contributed by atoms with Crippen molar-refractivity contribution in [2.45, 2.75) is 71.1 Å². The zero-order valence-electron chi connectivity index (χ0n) is 13.7. The van der Waals surface area contributed by atoms with Crippen LogP contribution in [0.5, 0.6) is 0 Å². The number of carbonyl (C=O) groups is 1. The number of carbonyl (C=O) groups excluding carboxylic acids is 1. The molecular formula is C15H26BNO4. The maximum atomic E-state index is 11.4. The second kappa shape index (κ2) is 6.01. The highest BCUT2D eigenvalue weighted by Crippen LogP contribution is 2.40. The van der Waals surface area contributed by atoms with Crippen LogP contribution >= 0.6 is 0 Å². The summed E-state index contributed by atoms with van der Waals surface area (Å²) in [4.78, 5) is 11.4. The van der Waals surface area contributed by atoms with Crippen LogP contribution in [-0.2, 0) is 14.0 Å². The van der Waals surface area contributed by atoms with Crippen molar-refractivity contribution in [2.75, 3.05) is 6.61 Å². The molecule has 6 heteroatoms. The van der Waals surface area contributed by atoms with Gasteiger partial charge in [0, 0.05) is 6.04 Å². The van der Waals surface area contributed by atoms with Crippen LogP contribution in [0, 0.1) is 0 Å². The van der Waals surface area contributed by atoms with Crippen LogP contribution in [-0.4, -0.2) is 37.1 Å². The molecule has 0 aromatic carbocycles. The Bertz CT molecular complexity index is 417. The predicted molar refractivity (Wildman–Crippen MR) is 82.0 cm³/mol. The fraction of sp³-hybridized carbons (Fsp3) is 0.800. The fourth-order valence-electron chi connectivity index (χ4n) is 2.53. The summed E-state index contributed by atoms with van der Waals surface area (Å²) in [5.74, 6) is 0. The van der Waals surface area contributed by atoms with Gasteiger partial charge in [0.1, 0.15) is 0 Å². The van der Waals surface area contributed by atoms with Gasteiger partial charge >= 0.3 is 13.2 Å². The lowest BCUT2D eigenvalue weighted by Crippen LogP contribution is -2.41. The number of hydrogen-bond acceptors (Lipinski definition) is 4. The highest BCUT2D eigenvalue weighted by Gasteiger charge is 2.52. The molecule has 0 radical (unpaired) electrons. The number of nitrogens with one attached hydrogen (secondary N) is 1. The van der Waals surface area contributed by atoms with E-state index in [4.69, 9.17) is 14.0 Å². The molecule has 0 aromatic heterocycles. The van der Waals surface area contributed by atoms with E-state index in [-0.39, 0.29) is 30.5 Å². The molecular weight excluding hydrogens is 269 g/mol. The normalized spacial score (nSPS) is 27.2. The molecule has 0 bridgehead atoms. The van der Waals surface area contributed by atoms with Gasteiger partial charge in [0.25, 0.3) is 0 Å². The van der Waals surface area contributed by atoms with Crippen molar-refractivity contribution in [3.63, 3.8) is 0 Å². The Balaban J connectivity index is 1.91. The molecule has 1 unspecified atom stereocenters. The number of rotatable bonds is 3. The molecule has 0 aromatic rings. The Kier molecular flexibility index (Phi) is 4.68. The van der Waals surface area contributed by atoms with E-state index in [2.05, 4.69) is 39.1 Å². The Morgan fingerprint density at radius 1 is 1.38 bits per heavy atom. The van der Waals surface area contributed by atoms with Crippen molar-refractivity contribution in [1.29, 1.82) is 0 Å². The van der Waals surface area contributed by atoms with E-state index in [0.717, 1.165) is 19.3 Å². The Labute approximate surface area is 127 Å². The van der Waals surface area contributed by atoms with Gasteiger partial charge in [0.05, 0.1) is 17.8 Å². The first-order valence-corrected chi connectivity index (χ1v) is 7.73. The summed E-state index contributed by atoms with van der Waals surface area (Å²) in [7, 11) is -0.265. The third-order valence-electron chi connectivity index (χ3n) is 4.60. The number of ether oxygens (including phenoxy) is 1. The summed E-state index contributed by atoms with van der Waals surface area (Å²) >= 11 is 0. The van der Waals surface area contributed by atoms with Gasteiger partial charge in [0.2, 0.25) is 0 Å². The summed E-state index contributed by atoms with van der Waals surface area (Å²) in [6.07, 6.45) is 4.33. The number of allylic oxidation sites excluding steroid dienone is 1. The number of alkyl carbamates (subject to hydrolysis) is 1. The van der Waals surface area contributed by atoms with Crippen LogP contribution in [0.3, 0.4) is 0 Å². The van der Waals surface area contributed by atoms with Gasteiger partial charge in [-0.15, -0.1) is 0 Å². The number of amides is 1. The van der Waals surface area contributed by atoms with E-state index in [0.29, 0.717) is 6.61 Å². The quantitative estimate of drug-likeness (QED) is 0.813. The third kappa shape index (κ3) is 3.61. The first-order chi connectivity index (χ1) is 9.75. The molecule has 1 aliphatic carbocycles. The molecule has 118 valence electrons. The molecule has 2 aliphatic rings. The number of hydrogen-bond donors (Lipinski definition) is 1. The van der Waals surface area contributed by atoms with Crippen LogP contribution in [0.25, 0.3) is 0 Å². The minimum atomic E-state index is -0.338. The molecule has 5 nitrogen and oxygen atoms in total. The first kappa shape index (κ1) is 16.4. The minimum Gasteiger partial charge on any atom is -0.450 e. The summed E-state index contributed by atoms with van der Waals surface area (Å²) in [5.41, 5.74) is 0.562. The van der Waals surface area contributed by atoms with Crippen molar-refractivity contribution >= 4 is 13.2 Å². The molecule has 1 atom stereocenters. The molecule has 0 spiro atoms. The molecule has 21 heavy (non-hydrogen) atoms. The standard InChI is InChI=1S/C15H26BNO4/c1-6-19-13(18)17-12-9-7-11(8-10-12)16-20-14(2,3)15(4,5)21-16/h7,12H,6,8-10H2,1-5H3,(H,17,18). The molecule has 1 N–H and O–H groups in total. The highest BCUT2D eigenvalue weighted by atomic mass is 16.7. The highest BCUT2D eigenvalue weighted by molar-refractivity contribution is 6.54. The van der Waals surface area contributed by atoms with Crippen molar-refractivity contribution in [3.05, 3.63) is 11.5 Å². The predicted octanol–water partition coefficient (Wildman–Crippen LogP) is 2.84. The Morgan fingerprint density at radius 3 is 2.48 bits per heavy atom. The first-order valence-electron chi connectivity index (χ1n) is 7.73. The zero-order valence-corrected chi connectivity index (χ0v) is 13.7. The minimum absolute atomic E-state index is 0.134. The summed E-state index contributed by atoms with van der Waals surface area (Å²) in [6.45, 7) is 10.4. The van der Waals surface area contributed by atoms with E-state index < -0.39 is 0 Å². The smallest absolute Gasteiger partial charge is 0.450 e. The van der Waals surface area contributed by atoms with Gasteiger partial charge in [0.15, 0.2) is 0 Å². The van der Waals surface area contributed by atoms with Crippen LogP contribution < -0.4 is 5.32 Å². The zero-order chi connectivity index (χ0) is 15.7. The topological polar surface area (TPSA) is 56.8 Å². The van der Waals surface area contributed by atoms with Crippen molar-refractivity contribution in [1.82, 2.24) is 5.32 Å². The molecule has 1 amide bonds. The van der Waals surface area contributed by atoms with E-state index in [1.54, 1.807) is 6.92 Å². The molecule has 2 rings (SSSR count). The SMILES string of the molecule is CCOC(=O)NC1CC=C(B2OC(C)(C)C(C)(C)O2)CC1. The average Bonchev–Trinajstić information content (AvgIpc) is 2.59. The lowest BCUT2D eigenvalue weighted by Gasteiger charge is -2.32. The largest absolute Gasteiger partial charge is 0.490 e. The van der Waals surface area contributed by atoms with Crippen LogP contribution in [0.2, 0.25) is 0 Å². The van der Waals surface area contributed by atoms with Gasteiger partial charge in [-0.25, -0.2) is 4.79 Å². The van der Waals surface area contributed by atoms with Gasteiger partial charge in [-0.2, -0.15) is 0 Å². The van der Waals surface area contributed by atoms with Gasteiger partial charge in [-0.3, -0.25) is 0 Å². The van der Waals surface area contributed by atoms with Crippen molar-refractivity contribution in [3.8, 4) is 0 Å². The summed E-state index contributed by atoms with van der Waals surface area (Å²) < 4.78 is 17.0. The summed E-state index contributed by atoms with van der Waals surface area (Å²) in [5, 5.41) is 2.88. The Hall–Kier alpha value is -1.01. The van der Waals surface area contributed by atoms with E-state index in [9.17, 15) is 4.79 Å². The fourth-order valence-corrected chi connectivity index (χ4v) is 2.53. The average molecular weight is 295 g/mol. The molecule has 1 fully saturated rings. The van der Waals surface area contributed by atoms with Gasteiger partial charge < -0.3 is 19.4 Å². The van der Waals surface area contributed by atoms with Gasteiger partial charge in [-0.1, -0.05) is 6.08 Å². The Morgan fingerprint density at radius 2 is 2.00 bits per heavy atom. The van der Waals surface area contributed by atoms with Crippen LogP contribution in [0.1, 0.15) is 53.9 Å². The molecule has 1 aliphatic heterocycles. The van der Waals surface area contributed by atoms with E-state index in [1.807, 2.05) is 0 Å². The molecule has 0 saturated carbocycles. The maximum Gasteiger partial charge on any atom is 0.490 e. The third-order valence-corrected chi connectivity index (χ3v) is 4.60. The molecule has 1 saturated heterocycles. The summed E-state index contributed by atoms with van der Waals surface area (Å²) in [6, 6.07) is 0.134. The van der Waals surface area contributed by atoms with E-state index in [1.165, 1.54) is 5.47 Å². The van der Waals surface area contributed by atoms with Gasteiger partial charge in [-0.05, 0) is 59.4 Å². The lowest BCUT2D eigenvalue weighted by atomic mass is 9.72. The van der Waals surface area contributed by atoms with Crippen LogP contribution in [0.15, 0.2) is 11.5 Å². The van der Waals surface area contributed by atoms with Crippen molar-refractivity contribution < 1.29 is 18.8 Å². The van der Waals surface area contributed by atoms with E-state index >= 15 is 0 Å². The van der Waals surface area contributed by atoms with Crippen LogP contribution in [0.4, 0.5) is 4.79 Å². The monoisotopic (exact) mass is 295 g/mol. The van der Waals surface area contributed by atoms with Crippen molar-refractivity contribution in [2.24, 2.45) is 0 Å².